The molecule has 16 heavy (non-hydrogen) atoms. The summed E-state index contributed by atoms with van der Waals surface area (Å²) in [6.07, 6.45) is 5.59. The van der Waals surface area contributed by atoms with Crippen LogP contribution in [0.4, 0.5) is 0 Å². The number of likely N-dealkylation sites (tertiary alicyclic amines) is 1. The molecule has 3 heteroatoms. The molecule has 2 aliphatic rings. The summed E-state index contributed by atoms with van der Waals surface area (Å²) in [4.78, 5) is 2.65. The Balaban J connectivity index is 1.50. The van der Waals surface area contributed by atoms with Crippen molar-refractivity contribution in [1.82, 2.24) is 10.2 Å². The van der Waals surface area contributed by atoms with Gasteiger partial charge in [-0.25, -0.2) is 0 Å². The summed E-state index contributed by atoms with van der Waals surface area (Å²) in [5.74, 6) is 1.04. The summed E-state index contributed by atoms with van der Waals surface area (Å²) in [7, 11) is 0. The Morgan fingerprint density at radius 2 is 1.94 bits per heavy atom. The number of nitrogens with one attached hydrogen (secondary N) is 1. The maximum Gasteiger partial charge on any atom is 0.0590 e. The minimum absolute atomic E-state index is 0.732. The fraction of sp³-hybridized carbons (Fsp3) is 1.00. The standard InChI is InChI=1S/C13H26N2O/c1-2-16-10-7-14-13-5-8-15(9-6-13)11-12-3-4-12/h12-14H,2-11H2,1H3. The Morgan fingerprint density at radius 1 is 1.19 bits per heavy atom. The van der Waals surface area contributed by atoms with Crippen LogP contribution in [0.25, 0.3) is 0 Å². The third kappa shape index (κ3) is 4.40. The van der Waals surface area contributed by atoms with Crippen LogP contribution in [0.5, 0.6) is 0 Å². The predicted molar refractivity (Wildman–Crippen MR) is 66.7 cm³/mol. The molecule has 94 valence electrons. The van der Waals surface area contributed by atoms with E-state index in [1.807, 2.05) is 0 Å². The van der Waals surface area contributed by atoms with Crippen molar-refractivity contribution in [3.05, 3.63) is 0 Å². The molecule has 2 fully saturated rings. The van der Waals surface area contributed by atoms with E-state index in [2.05, 4.69) is 17.1 Å². The maximum atomic E-state index is 5.33. The van der Waals surface area contributed by atoms with E-state index in [0.29, 0.717) is 0 Å². The zero-order valence-electron chi connectivity index (χ0n) is 10.6. The predicted octanol–water partition coefficient (Wildman–Crippen LogP) is 1.49. The molecular weight excluding hydrogens is 200 g/mol. The normalized spacial score (nSPS) is 23.8. The molecule has 0 amide bonds. The lowest BCUT2D eigenvalue weighted by atomic mass is 10.0. The van der Waals surface area contributed by atoms with Crippen LogP contribution in [-0.4, -0.2) is 50.3 Å². The van der Waals surface area contributed by atoms with E-state index in [0.717, 1.165) is 31.7 Å². The van der Waals surface area contributed by atoms with Crippen LogP contribution in [0.2, 0.25) is 0 Å². The molecule has 0 aromatic carbocycles. The van der Waals surface area contributed by atoms with E-state index in [9.17, 15) is 0 Å². The average molecular weight is 226 g/mol. The van der Waals surface area contributed by atoms with Gasteiger partial charge in [0.25, 0.3) is 0 Å². The number of hydrogen-bond acceptors (Lipinski definition) is 3. The second kappa shape index (κ2) is 6.58. The van der Waals surface area contributed by atoms with Crippen molar-refractivity contribution >= 4 is 0 Å². The van der Waals surface area contributed by atoms with Gasteiger partial charge in [-0.1, -0.05) is 0 Å². The molecule has 3 nitrogen and oxygen atoms in total. The van der Waals surface area contributed by atoms with Crippen LogP contribution in [0.15, 0.2) is 0 Å². The summed E-state index contributed by atoms with van der Waals surface area (Å²) < 4.78 is 5.33. The number of hydrogen-bond donors (Lipinski definition) is 1. The SMILES string of the molecule is CCOCCNC1CCN(CC2CC2)CC1. The van der Waals surface area contributed by atoms with Gasteiger partial charge in [-0.05, 0) is 51.6 Å². The Kier molecular flexibility index (Phi) is 5.07. The molecule has 0 aromatic heterocycles. The fourth-order valence-electron chi connectivity index (χ4n) is 2.46. The molecule has 0 unspecified atom stereocenters. The summed E-state index contributed by atoms with van der Waals surface area (Å²) >= 11 is 0. The van der Waals surface area contributed by atoms with E-state index in [-0.39, 0.29) is 0 Å². The number of nitrogens with zero attached hydrogens (tertiary/aromatic N) is 1. The van der Waals surface area contributed by atoms with Gasteiger partial charge in [0.2, 0.25) is 0 Å². The molecule has 0 aromatic rings. The molecule has 1 heterocycles. The van der Waals surface area contributed by atoms with E-state index >= 15 is 0 Å². The minimum Gasteiger partial charge on any atom is -0.380 e. The van der Waals surface area contributed by atoms with Gasteiger partial charge in [0.15, 0.2) is 0 Å². The van der Waals surface area contributed by atoms with Crippen LogP contribution >= 0.6 is 0 Å². The Labute approximate surface area is 99.5 Å². The van der Waals surface area contributed by atoms with Gasteiger partial charge in [0.05, 0.1) is 6.61 Å². The van der Waals surface area contributed by atoms with Crippen LogP contribution < -0.4 is 5.32 Å². The van der Waals surface area contributed by atoms with E-state index < -0.39 is 0 Å². The second-order valence-electron chi connectivity index (χ2n) is 5.17. The Hall–Kier alpha value is -0.120. The Bertz CT molecular complexity index is 186. The lowest BCUT2D eigenvalue weighted by molar-refractivity contribution is 0.138. The van der Waals surface area contributed by atoms with Crippen LogP contribution in [0.3, 0.4) is 0 Å². The number of rotatable bonds is 7. The molecule has 0 spiro atoms. The fourth-order valence-corrected chi connectivity index (χ4v) is 2.46. The maximum absolute atomic E-state index is 5.33. The van der Waals surface area contributed by atoms with Crippen molar-refractivity contribution in [2.45, 2.75) is 38.6 Å². The molecule has 0 radical (unpaired) electrons. The largest absolute Gasteiger partial charge is 0.380 e. The summed E-state index contributed by atoms with van der Waals surface area (Å²) in [5.41, 5.74) is 0. The van der Waals surface area contributed by atoms with Gasteiger partial charge in [-0.3, -0.25) is 0 Å². The van der Waals surface area contributed by atoms with Crippen molar-refractivity contribution in [1.29, 1.82) is 0 Å². The van der Waals surface area contributed by atoms with Gasteiger partial charge in [0.1, 0.15) is 0 Å². The van der Waals surface area contributed by atoms with Crippen molar-refractivity contribution in [3.8, 4) is 0 Å². The van der Waals surface area contributed by atoms with Gasteiger partial charge in [-0.15, -0.1) is 0 Å². The Morgan fingerprint density at radius 3 is 2.56 bits per heavy atom. The highest BCUT2D eigenvalue weighted by Gasteiger charge is 2.26. The minimum atomic E-state index is 0.732. The summed E-state index contributed by atoms with van der Waals surface area (Å²) in [5, 5.41) is 3.59. The van der Waals surface area contributed by atoms with Gasteiger partial charge in [0, 0.05) is 25.7 Å². The monoisotopic (exact) mass is 226 g/mol. The molecule has 1 aliphatic heterocycles. The van der Waals surface area contributed by atoms with Gasteiger partial charge >= 0.3 is 0 Å². The highest BCUT2D eigenvalue weighted by atomic mass is 16.5. The zero-order valence-corrected chi connectivity index (χ0v) is 10.6. The molecule has 1 aliphatic carbocycles. The van der Waals surface area contributed by atoms with E-state index in [4.69, 9.17) is 4.74 Å². The lowest BCUT2D eigenvalue weighted by Crippen LogP contribution is -2.43. The van der Waals surface area contributed by atoms with Gasteiger partial charge in [-0.2, -0.15) is 0 Å². The van der Waals surface area contributed by atoms with Crippen molar-refractivity contribution in [2.75, 3.05) is 39.4 Å². The first-order chi connectivity index (χ1) is 7.88. The first-order valence-corrected chi connectivity index (χ1v) is 6.92. The van der Waals surface area contributed by atoms with Gasteiger partial charge < -0.3 is 15.0 Å². The number of piperidine rings is 1. The molecule has 0 atom stereocenters. The molecular formula is C13H26N2O. The first-order valence-electron chi connectivity index (χ1n) is 6.92. The van der Waals surface area contributed by atoms with Crippen LogP contribution in [0.1, 0.15) is 32.6 Å². The van der Waals surface area contributed by atoms with Crippen molar-refractivity contribution in [2.24, 2.45) is 5.92 Å². The van der Waals surface area contributed by atoms with E-state index in [1.165, 1.54) is 45.3 Å². The molecule has 1 N–H and O–H groups in total. The number of ether oxygens (including phenoxy) is 1. The van der Waals surface area contributed by atoms with Crippen LogP contribution in [-0.2, 0) is 4.74 Å². The lowest BCUT2D eigenvalue weighted by Gasteiger charge is -2.32. The molecule has 1 saturated heterocycles. The third-order valence-corrected chi connectivity index (χ3v) is 3.68. The highest BCUT2D eigenvalue weighted by molar-refractivity contribution is 4.82. The smallest absolute Gasteiger partial charge is 0.0590 e. The summed E-state index contributed by atoms with van der Waals surface area (Å²) in [6, 6.07) is 0.732. The summed E-state index contributed by atoms with van der Waals surface area (Å²) in [6.45, 7) is 8.72. The van der Waals surface area contributed by atoms with Crippen LogP contribution in [0, 0.1) is 5.92 Å². The molecule has 0 bridgehead atoms. The highest BCUT2D eigenvalue weighted by Crippen LogP contribution is 2.30. The quantitative estimate of drug-likeness (QED) is 0.666. The van der Waals surface area contributed by atoms with Crippen molar-refractivity contribution in [3.63, 3.8) is 0 Å². The second-order valence-corrected chi connectivity index (χ2v) is 5.17. The zero-order chi connectivity index (χ0) is 11.2. The topological polar surface area (TPSA) is 24.5 Å². The van der Waals surface area contributed by atoms with E-state index in [1.54, 1.807) is 0 Å². The van der Waals surface area contributed by atoms with Crippen molar-refractivity contribution < 1.29 is 4.74 Å². The molecule has 2 rings (SSSR count). The first kappa shape index (κ1) is 12.3. The average Bonchev–Trinajstić information content (AvgIpc) is 3.11. The molecule has 1 saturated carbocycles. The third-order valence-electron chi connectivity index (χ3n) is 3.68.